The molecule has 2 aromatic carbocycles. The average molecular weight is 309 g/mol. The molecule has 0 unspecified atom stereocenters. The Bertz CT molecular complexity index is 636. The molecule has 0 saturated carbocycles. The molecule has 0 bridgehead atoms. The van der Waals surface area contributed by atoms with Gasteiger partial charge in [-0.3, -0.25) is 4.90 Å². The topological polar surface area (TPSA) is 21.7 Å². The van der Waals surface area contributed by atoms with Crippen molar-refractivity contribution in [3.05, 3.63) is 72.3 Å². The van der Waals surface area contributed by atoms with E-state index in [9.17, 15) is 0 Å². The van der Waals surface area contributed by atoms with Gasteiger partial charge >= 0.3 is 0 Å². The van der Waals surface area contributed by atoms with Crippen LogP contribution in [0.15, 0.2) is 61.2 Å². The van der Waals surface area contributed by atoms with E-state index in [1.807, 2.05) is 24.3 Å². The zero-order chi connectivity index (χ0) is 16.1. The first kappa shape index (κ1) is 15.8. The van der Waals surface area contributed by atoms with Crippen LogP contribution in [-0.4, -0.2) is 37.8 Å². The summed E-state index contributed by atoms with van der Waals surface area (Å²) in [6.07, 6.45) is 0.0425. The maximum Gasteiger partial charge on any atom is 0.118 e. The van der Waals surface area contributed by atoms with Crippen LogP contribution >= 0.6 is 0 Å². The van der Waals surface area contributed by atoms with E-state index in [2.05, 4.69) is 41.8 Å². The van der Waals surface area contributed by atoms with Crippen LogP contribution in [0.25, 0.3) is 5.57 Å². The molecule has 1 atom stereocenters. The Morgan fingerprint density at radius 3 is 2.61 bits per heavy atom. The minimum atomic E-state index is 0.0425. The van der Waals surface area contributed by atoms with Gasteiger partial charge in [0.05, 0.1) is 19.8 Å². The third kappa shape index (κ3) is 4.01. The lowest BCUT2D eigenvalue weighted by Gasteiger charge is -2.34. The Labute approximate surface area is 138 Å². The summed E-state index contributed by atoms with van der Waals surface area (Å²) >= 11 is 0. The lowest BCUT2D eigenvalue weighted by atomic mass is 10.0. The third-order valence-electron chi connectivity index (χ3n) is 4.25. The number of morpholine rings is 1. The van der Waals surface area contributed by atoms with Crippen molar-refractivity contribution < 1.29 is 9.47 Å². The summed E-state index contributed by atoms with van der Waals surface area (Å²) in [5.41, 5.74) is 3.48. The highest BCUT2D eigenvalue weighted by molar-refractivity contribution is 5.67. The summed E-state index contributed by atoms with van der Waals surface area (Å²) in [6, 6.07) is 18.6. The number of rotatable bonds is 5. The van der Waals surface area contributed by atoms with Gasteiger partial charge in [-0.15, -0.1) is 0 Å². The second kappa shape index (κ2) is 7.44. The van der Waals surface area contributed by atoms with Crippen LogP contribution in [0.5, 0.6) is 5.75 Å². The van der Waals surface area contributed by atoms with Crippen LogP contribution in [0, 0.1) is 0 Å². The van der Waals surface area contributed by atoms with Gasteiger partial charge in [-0.05, 0) is 28.8 Å². The Kier molecular flexibility index (Phi) is 5.11. The van der Waals surface area contributed by atoms with E-state index in [4.69, 9.17) is 9.47 Å². The molecule has 1 heterocycles. The Morgan fingerprint density at radius 1 is 1.17 bits per heavy atom. The van der Waals surface area contributed by atoms with E-state index in [1.54, 1.807) is 7.11 Å². The van der Waals surface area contributed by atoms with Crippen molar-refractivity contribution in [1.82, 2.24) is 4.90 Å². The molecule has 0 radical (unpaired) electrons. The van der Waals surface area contributed by atoms with Gasteiger partial charge in [-0.25, -0.2) is 0 Å². The maximum absolute atomic E-state index is 5.95. The summed E-state index contributed by atoms with van der Waals surface area (Å²) in [5, 5.41) is 0. The van der Waals surface area contributed by atoms with Crippen LogP contribution in [0.4, 0.5) is 0 Å². The van der Waals surface area contributed by atoms with Crippen LogP contribution in [0.1, 0.15) is 11.1 Å². The number of hydrogen-bond donors (Lipinski definition) is 0. The van der Waals surface area contributed by atoms with Crippen LogP contribution in [0.2, 0.25) is 0 Å². The molecular formula is C20H23NO2. The zero-order valence-electron chi connectivity index (χ0n) is 13.6. The fourth-order valence-corrected chi connectivity index (χ4v) is 2.89. The van der Waals surface area contributed by atoms with E-state index in [1.165, 1.54) is 5.56 Å². The smallest absolute Gasteiger partial charge is 0.118 e. The van der Waals surface area contributed by atoms with Crippen LogP contribution < -0.4 is 4.74 Å². The number of methoxy groups -OCH3 is 1. The second-order valence-corrected chi connectivity index (χ2v) is 5.83. The maximum atomic E-state index is 5.95. The lowest BCUT2D eigenvalue weighted by Crippen LogP contribution is -2.42. The van der Waals surface area contributed by atoms with Gasteiger partial charge in [0, 0.05) is 19.6 Å². The molecular weight excluding hydrogens is 286 g/mol. The molecule has 120 valence electrons. The Balaban J connectivity index is 1.64. The standard InChI is InChI=1S/C20H23NO2/c1-16(18-8-10-19(22-2)11-9-18)20-15-21(12-13-23-20)14-17-6-4-3-5-7-17/h3-11,20H,1,12-15H2,2H3/t20-/m1/s1. The van der Waals surface area contributed by atoms with E-state index in [-0.39, 0.29) is 6.10 Å². The molecule has 1 fully saturated rings. The first-order valence-corrected chi connectivity index (χ1v) is 7.97. The highest BCUT2D eigenvalue weighted by atomic mass is 16.5. The Morgan fingerprint density at radius 2 is 1.91 bits per heavy atom. The SMILES string of the molecule is C=C(c1ccc(OC)cc1)[C@H]1CN(Cc2ccccc2)CCO1. The molecule has 2 aromatic rings. The predicted molar refractivity (Wildman–Crippen MR) is 93.5 cm³/mol. The molecule has 1 saturated heterocycles. The Hall–Kier alpha value is -2.10. The number of nitrogens with zero attached hydrogens (tertiary/aromatic N) is 1. The summed E-state index contributed by atoms with van der Waals surface area (Å²) in [4.78, 5) is 2.43. The van der Waals surface area contributed by atoms with Crippen LogP contribution in [0.3, 0.4) is 0 Å². The molecule has 0 amide bonds. The summed E-state index contributed by atoms with van der Waals surface area (Å²) in [6.45, 7) is 7.79. The van der Waals surface area contributed by atoms with Gasteiger partial charge in [0.1, 0.15) is 5.75 Å². The fraction of sp³-hybridized carbons (Fsp3) is 0.300. The normalized spacial score (nSPS) is 18.6. The molecule has 0 aromatic heterocycles. The summed E-state index contributed by atoms with van der Waals surface area (Å²) < 4.78 is 11.2. The van der Waals surface area contributed by atoms with Crippen molar-refractivity contribution in [1.29, 1.82) is 0 Å². The average Bonchev–Trinajstić information content (AvgIpc) is 2.62. The fourth-order valence-electron chi connectivity index (χ4n) is 2.89. The number of benzene rings is 2. The van der Waals surface area contributed by atoms with Crippen molar-refractivity contribution in [2.24, 2.45) is 0 Å². The molecule has 0 spiro atoms. The number of ether oxygens (including phenoxy) is 2. The monoisotopic (exact) mass is 309 g/mol. The zero-order valence-corrected chi connectivity index (χ0v) is 13.6. The molecule has 3 heteroatoms. The van der Waals surface area contributed by atoms with Gasteiger partial charge in [-0.2, -0.15) is 0 Å². The predicted octanol–water partition coefficient (Wildman–Crippen LogP) is 3.61. The largest absolute Gasteiger partial charge is 0.497 e. The molecule has 1 aliphatic heterocycles. The second-order valence-electron chi connectivity index (χ2n) is 5.83. The highest BCUT2D eigenvalue weighted by Crippen LogP contribution is 2.24. The van der Waals surface area contributed by atoms with Crippen molar-refractivity contribution in [3.63, 3.8) is 0 Å². The van der Waals surface area contributed by atoms with Gasteiger partial charge in [-0.1, -0.05) is 49.0 Å². The van der Waals surface area contributed by atoms with E-state index in [0.717, 1.165) is 43.1 Å². The van der Waals surface area contributed by atoms with Gasteiger partial charge in [0.15, 0.2) is 0 Å². The van der Waals surface area contributed by atoms with Crippen molar-refractivity contribution in [2.45, 2.75) is 12.6 Å². The summed E-state index contributed by atoms with van der Waals surface area (Å²) in [5.74, 6) is 0.858. The molecule has 0 N–H and O–H groups in total. The lowest BCUT2D eigenvalue weighted by molar-refractivity contribution is -0.00129. The minimum absolute atomic E-state index is 0.0425. The third-order valence-corrected chi connectivity index (χ3v) is 4.25. The van der Waals surface area contributed by atoms with Gasteiger partial charge in [0.25, 0.3) is 0 Å². The molecule has 23 heavy (non-hydrogen) atoms. The molecule has 3 nitrogen and oxygen atoms in total. The first-order valence-electron chi connectivity index (χ1n) is 7.97. The van der Waals surface area contributed by atoms with Crippen molar-refractivity contribution >= 4 is 5.57 Å². The van der Waals surface area contributed by atoms with Gasteiger partial charge in [0.2, 0.25) is 0 Å². The minimum Gasteiger partial charge on any atom is -0.497 e. The highest BCUT2D eigenvalue weighted by Gasteiger charge is 2.23. The van der Waals surface area contributed by atoms with Crippen molar-refractivity contribution in [2.75, 3.05) is 26.8 Å². The van der Waals surface area contributed by atoms with Crippen molar-refractivity contribution in [3.8, 4) is 5.75 Å². The molecule has 3 rings (SSSR count). The summed E-state index contributed by atoms with van der Waals surface area (Å²) in [7, 11) is 1.68. The van der Waals surface area contributed by atoms with E-state index < -0.39 is 0 Å². The van der Waals surface area contributed by atoms with Crippen LogP contribution in [-0.2, 0) is 11.3 Å². The first-order chi connectivity index (χ1) is 11.3. The molecule has 0 aliphatic carbocycles. The quantitative estimate of drug-likeness (QED) is 0.842. The van der Waals surface area contributed by atoms with E-state index >= 15 is 0 Å². The van der Waals surface area contributed by atoms with E-state index in [0.29, 0.717) is 0 Å². The molecule has 1 aliphatic rings. The number of hydrogen-bond acceptors (Lipinski definition) is 3. The van der Waals surface area contributed by atoms with Gasteiger partial charge < -0.3 is 9.47 Å².